The number of benzene rings is 2. The molecule has 0 aliphatic heterocycles. The summed E-state index contributed by atoms with van der Waals surface area (Å²) in [6.45, 7) is 5.30. The lowest BCUT2D eigenvalue weighted by Crippen LogP contribution is -2.07. The fourth-order valence-corrected chi connectivity index (χ4v) is 2.99. The number of ether oxygens (including phenoxy) is 1. The van der Waals surface area contributed by atoms with E-state index in [2.05, 4.69) is 18.9 Å². The Balaban J connectivity index is 2.10. The smallest absolute Gasteiger partial charge is 0.195 e. The Labute approximate surface area is 142 Å². The van der Waals surface area contributed by atoms with E-state index in [0.29, 0.717) is 12.4 Å². The number of hydrogen-bond donors (Lipinski definition) is 1. The third kappa shape index (κ3) is 3.13. The first-order valence-electron chi connectivity index (χ1n) is 8.03. The summed E-state index contributed by atoms with van der Waals surface area (Å²) in [7, 11) is 3.59. The zero-order valence-electron chi connectivity index (χ0n) is 14.2. The van der Waals surface area contributed by atoms with Crippen LogP contribution in [0.5, 0.6) is 11.6 Å². The Morgan fingerprint density at radius 1 is 1.17 bits per heavy atom. The second kappa shape index (κ2) is 6.79. The lowest BCUT2D eigenvalue weighted by atomic mass is 10.1. The van der Waals surface area contributed by atoms with Gasteiger partial charge in [0.15, 0.2) is 5.88 Å². The second-order valence-corrected chi connectivity index (χ2v) is 6.09. The van der Waals surface area contributed by atoms with Gasteiger partial charge in [-0.15, -0.1) is 0 Å². The number of aromatic hydroxyl groups is 1. The maximum atomic E-state index is 10.8. The van der Waals surface area contributed by atoms with E-state index < -0.39 is 0 Å². The molecular formula is C20H23N2O2+. The number of likely N-dealkylation sites (N-methyl/N-ethyl adjacent to an activating group) is 1. The van der Waals surface area contributed by atoms with Gasteiger partial charge in [0.25, 0.3) is 0 Å². The van der Waals surface area contributed by atoms with Gasteiger partial charge in [-0.25, -0.2) is 4.58 Å². The van der Waals surface area contributed by atoms with Crippen molar-refractivity contribution in [2.24, 2.45) is 0 Å². The summed E-state index contributed by atoms with van der Waals surface area (Å²) < 4.78 is 9.19. The molecule has 1 aromatic heterocycles. The van der Waals surface area contributed by atoms with Crippen molar-refractivity contribution in [1.29, 1.82) is 0 Å². The molecule has 1 heterocycles. The fraction of sp³-hybridized carbons (Fsp3) is 0.250. The minimum atomic E-state index is 0.323. The Kier molecular flexibility index (Phi) is 4.56. The van der Waals surface area contributed by atoms with Crippen molar-refractivity contribution < 1.29 is 14.4 Å². The molecule has 0 amide bonds. The van der Waals surface area contributed by atoms with E-state index in [4.69, 9.17) is 4.74 Å². The molecule has 3 rings (SSSR count). The minimum absolute atomic E-state index is 0.323. The lowest BCUT2D eigenvalue weighted by molar-refractivity contribution is -0.487. The Morgan fingerprint density at radius 3 is 2.58 bits per heavy atom. The van der Waals surface area contributed by atoms with E-state index in [1.54, 1.807) is 7.11 Å². The summed E-state index contributed by atoms with van der Waals surface area (Å²) in [5.74, 6) is 1.12. The topological polar surface area (TPSA) is 37.4 Å². The second-order valence-electron chi connectivity index (χ2n) is 6.09. The van der Waals surface area contributed by atoms with Crippen LogP contribution in [0.3, 0.4) is 0 Å². The molecule has 3 aromatic rings. The summed E-state index contributed by atoms with van der Waals surface area (Å²) in [4.78, 5) is 0. The molecule has 0 bridgehead atoms. The van der Waals surface area contributed by atoms with Gasteiger partial charge in [-0.1, -0.05) is 30.3 Å². The Bertz CT molecular complexity index is 866. The highest BCUT2D eigenvalue weighted by Crippen LogP contribution is 2.34. The highest BCUT2D eigenvalue weighted by Gasteiger charge is 2.18. The average molecular weight is 323 g/mol. The van der Waals surface area contributed by atoms with E-state index in [1.165, 1.54) is 0 Å². The molecule has 0 saturated heterocycles. The molecule has 4 nitrogen and oxygen atoms in total. The molecule has 4 heteroatoms. The highest BCUT2D eigenvalue weighted by molar-refractivity contribution is 5.88. The quantitative estimate of drug-likeness (QED) is 0.558. The van der Waals surface area contributed by atoms with Crippen LogP contribution in [0.1, 0.15) is 11.1 Å². The predicted octanol–water partition coefficient (Wildman–Crippen LogP) is 3.29. The monoisotopic (exact) mass is 323 g/mol. The van der Waals surface area contributed by atoms with E-state index >= 15 is 0 Å². The van der Waals surface area contributed by atoms with Crippen LogP contribution in [0.2, 0.25) is 0 Å². The molecule has 1 N–H and O–H groups in total. The largest absolute Gasteiger partial charge is 0.497 e. The molecule has 0 radical (unpaired) electrons. The minimum Gasteiger partial charge on any atom is -0.497 e. The first kappa shape index (κ1) is 16.1. The van der Waals surface area contributed by atoms with E-state index in [-0.39, 0.29) is 0 Å². The average Bonchev–Trinajstić information content (AvgIpc) is 2.85. The van der Waals surface area contributed by atoms with Gasteiger partial charge in [-0.2, -0.15) is 0 Å². The third-order valence-corrected chi connectivity index (χ3v) is 4.27. The van der Waals surface area contributed by atoms with Crippen LogP contribution >= 0.6 is 0 Å². The van der Waals surface area contributed by atoms with Crippen molar-refractivity contribution in [2.45, 2.75) is 13.0 Å². The summed E-state index contributed by atoms with van der Waals surface area (Å²) in [6.07, 6.45) is 0.733. The van der Waals surface area contributed by atoms with Crippen LogP contribution in [-0.4, -0.2) is 41.7 Å². The van der Waals surface area contributed by atoms with Crippen LogP contribution in [0.4, 0.5) is 0 Å². The van der Waals surface area contributed by atoms with Crippen LogP contribution in [0, 0.1) is 0 Å². The van der Waals surface area contributed by atoms with Gasteiger partial charge in [0, 0.05) is 17.4 Å². The number of methoxy groups -OCH3 is 1. The van der Waals surface area contributed by atoms with Gasteiger partial charge < -0.3 is 14.4 Å². The first-order chi connectivity index (χ1) is 11.6. The molecule has 0 aliphatic rings. The van der Waals surface area contributed by atoms with Crippen LogP contribution in [-0.2, 0) is 13.0 Å². The van der Waals surface area contributed by atoms with Crippen molar-refractivity contribution >= 4 is 17.6 Å². The van der Waals surface area contributed by atoms with Crippen molar-refractivity contribution in [3.63, 3.8) is 0 Å². The molecule has 0 atom stereocenters. The highest BCUT2D eigenvalue weighted by atomic mass is 16.5. The zero-order chi connectivity index (χ0) is 17.1. The van der Waals surface area contributed by atoms with E-state index in [0.717, 1.165) is 40.7 Å². The van der Waals surface area contributed by atoms with Crippen LogP contribution in [0.15, 0.2) is 48.5 Å². The van der Waals surface area contributed by atoms with Crippen molar-refractivity contribution in [3.8, 4) is 11.6 Å². The molecule has 24 heavy (non-hydrogen) atoms. The predicted molar refractivity (Wildman–Crippen MR) is 97.6 cm³/mol. The van der Waals surface area contributed by atoms with Crippen molar-refractivity contribution in [3.05, 3.63) is 59.7 Å². The molecule has 0 aliphatic carbocycles. The Hall–Kier alpha value is -2.75. The number of nitrogens with zero attached hydrogens (tertiary/aromatic N) is 2. The molecule has 0 saturated carbocycles. The third-order valence-electron chi connectivity index (χ3n) is 4.27. The number of rotatable bonds is 6. The van der Waals surface area contributed by atoms with Crippen LogP contribution < -0.4 is 4.74 Å². The van der Waals surface area contributed by atoms with Gasteiger partial charge in [-0.3, -0.25) is 0 Å². The molecular weight excluding hydrogens is 300 g/mol. The Morgan fingerprint density at radius 2 is 1.92 bits per heavy atom. The van der Waals surface area contributed by atoms with Gasteiger partial charge in [0.1, 0.15) is 26.1 Å². The molecule has 0 spiro atoms. The summed E-state index contributed by atoms with van der Waals surface area (Å²) in [5, 5.41) is 11.9. The number of aromatic nitrogens is 1. The van der Waals surface area contributed by atoms with E-state index in [9.17, 15) is 5.11 Å². The van der Waals surface area contributed by atoms with Gasteiger partial charge in [0.05, 0.1) is 19.2 Å². The molecule has 2 aromatic carbocycles. The maximum absolute atomic E-state index is 10.8. The maximum Gasteiger partial charge on any atom is 0.195 e. The normalized spacial score (nSPS) is 10.9. The van der Waals surface area contributed by atoms with Crippen molar-refractivity contribution in [2.75, 3.05) is 20.7 Å². The summed E-state index contributed by atoms with van der Waals surface area (Å²) >= 11 is 0. The molecule has 0 fully saturated rings. The lowest BCUT2D eigenvalue weighted by Gasteiger charge is -2.08. The fourth-order valence-electron chi connectivity index (χ4n) is 2.99. The van der Waals surface area contributed by atoms with Gasteiger partial charge in [-0.05, 0) is 23.8 Å². The number of fused-ring (bicyclic) bond motifs is 1. The van der Waals surface area contributed by atoms with Crippen LogP contribution in [0.25, 0.3) is 10.9 Å². The van der Waals surface area contributed by atoms with Crippen molar-refractivity contribution in [1.82, 2.24) is 4.57 Å². The molecule has 124 valence electrons. The summed E-state index contributed by atoms with van der Waals surface area (Å²) in [5.41, 5.74) is 3.11. The SMILES string of the molecule is C=[N+](C)CCc1c(O)n(Cc2ccccc2)c2ccc(OC)cc12. The molecule has 0 unspecified atom stereocenters. The zero-order valence-corrected chi connectivity index (χ0v) is 14.2. The van der Waals surface area contributed by atoms with E-state index in [1.807, 2.05) is 52.6 Å². The summed E-state index contributed by atoms with van der Waals surface area (Å²) in [6, 6.07) is 16.1. The first-order valence-corrected chi connectivity index (χ1v) is 8.03. The van der Waals surface area contributed by atoms with Gasteiger partial charge in [0.2, 0.25) is 0 Å². The standard InChI is InChI=1S/C20H22N2O2/c1-21(2)12-11-17-18-13-16(24-3)9-10-19(18)22(20(17)23)14-15-7-5-4-6-8-15/h4-10,13H,1,11-12,14H2,2-3H3/p+1. The van der Waals surface area contributed by atoms with Gasteiger partial charge >= 0.3 is 0 Å². The number of hydrogen-bond acceptors (Lipinski definition) is 2.